The van der Waals surface area contributed by atoms with Crippen molar-refractivity contribution in [1.82, 2.24) is 9.97 Å². The Morgan fingerprint density at radius 2 is 2.11 bits per heavy atom. The van der Waals surface area contributed by atoms with Gasteiger partial charge in [0.1, 0.15) is 24.9 Å². The molecule has 5 rings (SSSR count). The van der Waals surface area contributed by atoms with Crippen molar-refractivity contribution in [2.75, 3.05) is 18.5 Å². The number of rotatable bonds is 8. The SMILES string of the molecule is NS(=O)(=O)OC[C@H]1C[C@@H](Nc2ncncc2C(=O)c2cc(C3OCC(=O)c4ccccc43)cs2)C[C@@H]1O. The molecule has 11 nitrogen and oxygen atoms in total. The predicted octanol–water partition coefficient (Wildman–Crippen LogP) is 1.84. The van der Waals surface area contributed by atoms with Gasteiger partial charge >= 0.3 is 10.3 Å². The highest BCUT2D eigenvalue weighted by Crippen LogP contribution is 2.36. The van der Waals surface area contributed by atoms with E-state index in [0.29, 0.717) is 29.1 Å². The quantitative estimate of drug-likeness (QED) is 0.355. The van der Waals surface area contributed by atoms with Crippen LogP contribution >= 0.6 is 11.3 Å². The number of nitrogens with two attached hydrogens (primary N) is 1. The van der Waals surface area contributed by atoms with Crippen molar-refractivity contribution in [2.24, 2.45) is 11.1 Å². The van der Waals surface area contributed by atoms with Crippen LogP contribution in [0, 0.1) is 5.92 Å². The van der Waals surface area contributed by atoms with E-state index in [1.165, 1.54) is 23.9 Å². The molecule has 1 saturated carbocycles. The molecule has 4 atom stereocenters. The summed E-state index contributed by atoms with van der Waals surface area (Å²) in [5.74, 6) is -0.495. The third-order valence-corrected chi connectivity index (χ3v) is 7.88. The molecule has 3 aromatic rings. The molecule has 0 spiro atoms. The summed E-state index contributed by atoms with van der Waals surface area (Å²) >= 11 is 1.26. The average Bonchev–Trinajstić information content (AvgIpc) is 3.49. The van der Waals surface area contributed by atoms with Gasteiger partial charge in [0.2, 0.25) is 5.78 Å². The number of benzene rings is 1. The molecule has 0 saturated heterocycles. The summed E-state index contributed by atoms with van der Waals surface area (Å²) < 4.78 is 32.6. The van der Waals surface area contributed by atoms with Gasteiger partial charge in [0.05, 0.1) is 23.2 Å². The van der Waals surface area contributed by atoms with Crippen LogP contribution in [-0.2, 0) is 19.2 Å². The fourth-order valence-corrected chi connectivity index (χ4v) is 5.95. The first-order valence-electron chi connectivity index (χ1n) is 11.5. The van der Waals surface area contributed by atoms with Gasteiger partial charge in [0, 0.05) is 23.7 Å². The van der Waals surface area contributed by atoms with Crippen LogP contribution in [0.5, 0.6) is 0 Å². The summed E-state index contributed by atoms with van der Waals surface area (Å²) in [6, 6.07) is 8.76. The maximum atomic E-state index is 13.4. The van der Waals surface area contributed by atoms with Crippen LogP contribution < -0.4 is 10.5 Å². The zero-order valence-corrected chi connectivity index (χ0v) is 21.1. The van der Waals surface area contributed by atoms with Crippen molar-refractivity contribution >= 4 is 39.0 Å². The third kappa shape index (κ3) is 5.61. The van der Waals surface area contributed by atoms with Crippen molar-refractivity contribution in [3.05, 3.63) is 75.4 Å². The molecule has 2 aliphatic rings. The minimum atomic E-state index is -4.11. The molecule has 1 fully saturated rings. The first-order chi connectivity index (χ1) is 17.7. The summed E-state index contributed by atoms with van der Waals surface area (Å²) in [6.45, 7) is -0.262. The molecule has 13 heteroatoms. The summed E-state index contributed by atoms with van der Waals surface area (Å²) in [6.07, 6.45) is 2.20. The Labute approximate surface area is 216 Å². The van der Waals surface area contributed by atoms with Crippen LogP contribution in [0.4, 0.5) is 5.82 Å². The monoisotopic (exact) mass is 544 g/mol. The van der Waals surface area contributed by atoms with Crippen molar-refractivity contribution in [1.29, 1.82) is 0 Å². The number of aliphatic hydroxyl groups excluding tert-OH is 1. The molecular formula is C24H24N4O7S2. The van der Waals surface area contributed by atoms with Gasteiger partial charge in [0.25, 0.3) is 0 Å². The predicted molar refractivity (Wildman–Crippen MR) is 134 cm³/mol. The standard InChI is InChI=1S/C24H24N4O7S2/c25-37(32,33)35-9-13-5-15(7-19(13)29)28-24-18(8-26-12-27-24)22(31)21-6-14(11-36-21)23-17-4-2-1-3-16(17)20(30)10-34-23/h1-4,6,8,11-13,15,19,23,29H,5,7,9-10H2,(H2,25,32,33)(H,26,27,28)/t13-,15-,19+,23?/m1/s1. The van der Waals surface area contributed by atoms with E-state index < -0.39 is 28.4 Å². The number of thiophene rings is 1. The highest BCUT2D eigenvalue weighted by molar-refractivity contribution is 7.84. The summed E-state index contributed by atoms with van der Waals surface area (Å²) in [5, 5.41) is 20.2. The average molecular weight is 545 g/mol. The Bertz CT molecular complexity index is 1440. The molecule has 3 heterocycles. The maximum Gasteiger partial charge on any atom is 0.333 e. The molecule has 2 aromatic heterocycles. The summed E-state index contributed by atoms with van der Waals surface area (Å²) in [4.78, 5) is 34.3. The second-order valence-corrected chi connectivity index (χ2v) is 11.1. The molecule has 0 amide bonds. The van der Waals surface area contributed by atoms with Gasteiger partial charge in [-0.3, -0.25) is 13.8 Å². The van der Waals surface area contributed by atoms with E-state index in [9.17, 15) is 23.1 Å². The number of hydrogen-bond acceptors (Lipinski definition) is 11. The number of aliphatic hydroxyl groups is 1. The number of anilines is 1. The van der Waals surface area contributed by atoms with E-state index in [0.717, 1.165) is 11.1 Å². The first kappa shape index (κ1) is 25.6. The highest BCUT2D eigenvalue weighted by atomic mass is 32.2. The fraction of sp³-hybridized carbons (Fsp3) is 0.333. The van der Waals surface area contributed by atoms with E-state index >= 15 is 0 Å². The van der Waals surface area contributed by atoms with Crippen LogP contribution in [0.1, 0.15) is 55.7 Å². The number of Topliss-reactive ketones (excluding diaryl/α,β-unsaturated/α-hetero) is 1. The minimum absolute atomic E-state index is 0.0299. The number of nitrogens with zero attached hydrogens (tertiary/aromatic N) is 2. The Hall–Kier alpha value is -3.07. The van der Waals surface area contributed by atoms with E-state index in [2.05, 4.69) is 19.5 Å². The maximum absolute atomic E-state index is 13.4. The molecule has 1 unspecified atom stereocenters. The number of aromatic nitrogens is 2. The lowest BCUT2D eigenvalue weighted by atomic mass is 9.93. The lowest BCUT2D eigenvalue weighted by Gasteiger charge is -2.24. The number of nitrogens with one attached hydrogen (secondary N) is 1. The molecule has 0 radical (unpaired) electrons. The minimum Gasteiger partial charge on any atom is -0.393 e. The van der Waals surface area contributed by atoms with Crippen molar-refractivity contribution in [3.63, 3.8) is 0 Å². The normalized spacial score (nSPS) is 23.6. The third-order valence-electron chi connectivity index (χ3n) is 6.47. The Balaban J connectivity index is 1.32. The molecule has 37 heavy (non-hydrogen) atoms. The van der Waals surface area contributed by atoms with E-state index in [1.807, 2.05) is 23.6 Å². The van der Waals surface area contributed by atoms with Crippen molar-refractivity contribution in [3.8, 4) is 0 Å². The summed E-state index contributed by atoms with van der Waals surface area (Å²) in [7, 11) is -4.11. The van der Waals surface area contributed by atoms with Gasteiger partial charge in [-0.1, -0.05) is 24.3 Å². The lowest BCUT2D eigenvalue weighted by molar-refractivity contribution is 0.0512. The second-order valence-electron chi connectivity index (χ2n) is 8.98. The highest BCUT2D eigenvalue weighted by Gasteiger charge is 2.35. The van der Waals surface area contributed by atoms with Crippen molar-refractivity contribution in [2.45, 2.75) is 31.1 Å². The zero-order valence-electron chi connectivity index (χ0n) is 19.4. The molecule has 4 N–H and O–H groups in total. The van der Waals surface area contributed by atoms with Crippen molar-refractivity contribution < 1.29 is 32.0 Å². The molecular weight excluding hydrogens is 520 g/mol. The molecule has 0 bridgehead atoms. The number of carbonyl (C=O) groups excluding carboxylic acids is 2. The van der Waals surface area contributed by atoms with Gasteiger partial charge in [0.15, 0.2) is 5.78 Å². The van der Waals surface area contributed by atoms with Gasteiger partial charge in [-0.15, -0.1) is 11.3 Å². The van der Waals surface area contributed by atoms with Crippen LogP contribution in [0.25, 0.3) is 0 Å². The smallest absolute Gasteiger partial charge is 0.333 e. The second kappa shape index (κ2) is 10.4. The molecule has 1 aliphatic heterocycles. The number of hydrogen-bond donors (Lipinski definition) is 3. The number of fused-ring (bicyclic) bond motifs is 1. The van der Waals surface area contributed by atoms with E-state index in [4.69, 9.17) is 9.88 Å². The Morgan fingerprint density at radius 3 is 2.92 bits per heavy atom. The first-order valence-corrected chi connectivity index (χ1v) is 13.8. The van der Waals surface area contributed by atoms with Gasteiger partial charge in [-0.05, 0) is 35.4 Å². The summed E-state index contributed by atoms with van der Waals surface area (Å²) in [5.41, 5.74) is 2.42. The number of ether oxygens (including phenoxy) is 1. The van der Waals surface area contributed by atoms with Crippen LogP contribution in [0.3, 0.4) is 0 Å². The zero-order chi connectivity index (χ0) is 26.2. The largest absolute Gasteiger partial charge is 0.393 e. The number of carbonyl (C=O) groups is 2. The van der Waals surface area contributed by atoms with E-state index in [1.54, 1.807) is 12.1 Å². The molecule has 1 aromatic carbocycles. The lowest BCUT2D eigenvalue weighted by Crippen LogP contribution is -2.24. The van der Waals surface area contributed by atoms with Gasteiger partial charge in [-0.2, -0.15) is 8.42 Å². The van der Waals surface area contributed by atoms with Crippen LogP contribution in [0.15, 0.2) is 48.2 Å². The van der Waals surface area contributed by atoms with Gasteiger partial charge in [-0.25, -0.2) is 15.1 Å². The Kier molecular flexibility index (Phi) is 7.16. The number of ketones is 2. The molecule has 194 valence electrons. The topological polar surface area (TPSA) is 171 Å². The van der Waals surface area contributed by atoms with Gasteiger partial charge < -0.3 is 15.2 Å². The van der Waals surface area contributed by atoms with Crippen LogP contribution in [-0.4, -0.2) is 60.4 Å². The Morgan fingerprint density at radius 1 is 1.30 bits per heavy atom. The molecule has 1 aliphatic carbocycles. The fourth-order valence-electron chi connectivity index (χ4n) is 4.71. The van der Waals surface area contributed by atoms with E-state index in [-0.39, 0.29) is 36.4 Å². The van der Waals surface area contributed by atoms with Crippen LogP contribution in [0.2, 0.25) is 0 Å².